The van der Waals surface area contributed by atoms with Gasteiger partial charge in [-0.2, -0.15) is 0 Å². The fraction of sp³-hybridized carbons (Fsp3) is 0.286. The monoisotopic (exact) mass is 555 g/mol. The highest BCUT2D eigenvalue weighted by molar-refractivity contribution is 6.30. The highest BCUT2D eigenvalue weighted by Crippen LogP contribution is 2.53. The van der Waals surface area contributed by atoms with E-state index in [-0.39, 0.29) is 23.3 Å². The van der Waals surface area contributed by atoms with Crippen molar-refractivity contribution in [2.75, 3.05) is 6.61 Å². The van der Waals surface area contributed by atoms with E-state index in [0.29, 0.717) is 34.1 Å². The first-order valence-corrected chi connectivity index (χ1v) is 12.8. The second kappa shape index (κ2) is 9.45. The Morgan fingerprint density at radius 2 is 1.79 bits per heavy atom. The van der Waals surface area contributed by atoms with Gasteiger partial charge in [-0.05, 0) is 63.1 Å². The molecule has 7 nitrogen and oxygen atoms in total. The minimum Gasteiger partial charge on any atom is -0.369 e. The number of pyridine rings is 1. The van der Waals surface area contributed by atoms with Crippen LogP contribution in [0.5, 0.6) is 0 Å². The SMILES string of the molecule is CC(=O)c1cc(F)c2c(c1)C(=O)N(C(C)c1ccc(Cl)cn1)[C@@]2(OCC1(C(N)=O)CC1)c1ccc(Cl)cc1. The lowest BCUT2D eigenvalue weighted by Crippen LogP contribution is -2.50. The van der Waals surface area contributed by atoms with Crippen molar-refractivity contribution in [1.29, 1.82) is 0 Å². The fourth-order valence-electron chi connectivity index (χ4n) is 4.97. The molecule has 2 heterocycles. The zero-order valence-corrected chi connectivity index (χ0v) is 22.1. The van der Waals surface area contributed by atoms with E-state index in [1.807, 2.05) is 0 Å². The number of ether oxygens (including phenoxy) is 1. The standard InChI is InChI=1S/C28H24Cl2FN3O4/c1-15(23-8-7-20(30)13-33-23)34-25(36)21-11-17(16(2)35)12-22(31)24(21)28(34,18-3-5-19(29)6-4-18)38-14-27(9-10-27)26(32)37/h3-8,11-13,15H,9-10,14H2,1-2H3,(H2,32,37)/t15?,28-/m1/s1. The highest BCUT2D eigenvalue weighted by atomic mass is 35.5. The van der Waals surface area contributed by atoms with Gasteiger partial charge in [0.15, 0.2) is 5.78 Å². The quantitative estimate of drug-likeness (QED) is 0.373. The Morgan fingerprint density at radius 1 is 1.13 bits per heavy atom. The molecule has 1 aromatic heterocycles. The van der Waals surface area contributed by atoms with Crippen LogP contribution in [0.3, 0.4) is 0 Å². The maximum atomic E-state index is 16.1. The molecule has 0 saturated heterocycles. The van der Waals surface area contributed by atoms with Gasteiger partial charge in [0, 0.05) is 22.3 Å². The van der Waals surface area contributed by atoms with Crippen LogP contribution in [0.25, 0.3) is 0 Å². The first-order valence-electron chi connectivity index (χ1n) is 12.0. The molecule has 10 heteroatoms. The molecule has 0 bridgehead atoms. The Kier molecular flexibility index (Phi) is 6.54. The van der Waals surface area contributed by atoms with Gasteiger partial charge < -0.3 is 10.5 Å². The fourth-order valence-corrected chi connectivity index (χ4v) is 5.21. The summed E-state index contributed by atoms with van der Waals surface area (Å²) in [7, 11) is 0. The van der Waals surface area contributed by atoms with Crippen molar-refractivity contribution in [1.82, 2.24) is 9.88 Å². The maximum absolute atomic E-state index is 16.1. The van der Waals surface area contributed by atoms with Crippen LogP contribution < -0.4 is 5.73 Å². The number of nitrogens with two attached hydrogens (primary N) is 1. The van der Waals surface area contributed by atoms with Crippen LogP contribution in [0.1, 0.15) is 70.3 Å². The molecule has 2 amide bonds. The summed E-state index contributed by atoms with van der Waals surface area (Å²) in [4.78, 5) is 44.3. The number of carbonyl (C=O) groups excluding carboxylic acids is 3. The molecular formula is C28H24Cl2FN3O4. The first kappa shape index (κ1) is 26.3. The molecule has 2 atom stereocenters. The van der Waals surface area contributed by atoms with Crippen molar-refractivity contribution in [3.05, 3.63) is 98.5 Å². The van der Waals surface area contributed by atoms with E-state index in [4.69, 9.17) is 33.7 Å². The van der Waals surface area contributed by atoms with Gasteiger partial charge in [0.25, 0.3) is 5.91 Å². The van der Waals surface area contributed by atoms with Gasteiger partial charge in [-0.15, -0.1) is 0 Å². The average Bonchev–Trinajstić information content (AvgIpc) is 3.63. The number of amides is 2. The van der Waals surface area contributed by atoms with E-state index >= 15 is 4.39 Å². The number of benzene rings is 2. The molecule has 0 spiro atoms. The Balaban J connectivity index is 1.78. The molecule has 5 rings (SSSR count). The summed E-state index contributed by atoms with van der Waals surface area (Å²) < 4.78 is 22.6. The normalized spacial score (nSPS) is 20.2. The molecule has 2 N–H and O–H groups in total. The third-order valence-electron chi connectivity index (χ3n) is 7.36. The Bertz CT molecular complexity index is 1460. The van der Waals surface area contributed by atoms with Gasteiger partial charge in [0.1, 0.15) is 5.82 Å². The number of primary amides is 1. The van der Waals surface area contributed by atoms with E-state index in [0.717, 1.165) is 6.07 Å². The Morgan fingerprint density at radius 3 is 2.34 bits per heavy atom. The van der Waals surface area contributed by atoms with Gasteiger partial charge in [-0.1, -0.05) is 35.3 Å². The number of halogens is 3. The number of hydrogen-bond donors (Lipinski definition) is 1. The number of Topliss-reactive ketones (excluding diaryl/α,β-unsaturated/α-hetero) is 1. The summed E-state index contributed by atoms with van der Waals surface area (Å²) in [6.45, 7) is 2.88. The zero-order chi connectivity index (χ0) is 27.4. The molecule has 1 aliphatic carbocycles. The van der Waals surface area contributed by atoms with Crippen LogP contribution in [0.15, 0.2) is 54.7 Å². The van der Waals surface area contributed by atoms with Crippen molar-refractivity contribution >= 4 is 40.8 Å². The molecule has 1 saturated carbocycles. The summed E-state index contributed by atoms with van der Waals surface area (Å²) in [5.41, 5.74) is 3.79. The number of nitrogens with zero attached hydrogens (tertiary/aromatic N) is 2. The molecule has 196 valence electrons. The third-order valence-corrected chi connectivity index (χ3v) is 7.83. The lowest BCUT2D eigenvalue weighted by Gasteiger charge is -2.43. The van der Waals surface area contributed by atoms with Crippen LogP contribution in [-0.2, 0) is 15.3 Å². The van der Waals surface area contributed by atoms with E-state index in [9.17, 15) is 14.4 Å². The summed E-state index contributed by atoms with van der Waals surface area (Å²) in [6, 6.07) is 11.5. The van der Waals surface area contributed by atoms with E-state index in [1.54, 1.807) is 43.3 Å². The van der Waals surface area contributed by atoms with Gasteiger partial charge >= 0.3 is 0 Å². The van der Waals surface area contributed by atoms with E-state index in [1.165, 1.54) is 24.1 Å². The summed E-state index contributed by atoms with van der Waals surface area (Å²) in [5.74, 6) is -2.28. The van der Waals surface area contributed by atoms with Gasteiger partial charge in [0.2, 0.25) is 11.6 Å². The van der Waals surface area contributed by atoms with E-state index < -0.39 is 40.6 Å². The molecule has 2 aromatic carbocycles. The predicted octanol–water partition coefficient (Wildman–Crippen LogP) is 5.43. The van der Waals surface area contributed by atoms with Crippen molar-refractivity contribution in [3.8, 4) is 0 Å². The first-order chi connectivity index (χ1) is 18.0. The molecule has 1 unspecified atom stereocenters. The smallest absolute Gasteiger partial charge is 0.257 e. The number of fused-ring (bicyclic) bond motifs is 1. The average molecular weight is 556 g/mol. The predicted molar refractivity (Wildman–Crippen MR) is 139 cm³/mol. The van der Waals surface area contributed by atoms with E-state index in [2.05, 4.69) is 4.98 Å². The minimum absolute atomic E-state index is 0.0186. The van der Waals surface area contributed by atoms with Crippen molar-refractivity contribution in [2.24, 2.45) is 11.1 Å². The van der Waals surface area contributed by atoms with Crippen molar-refractivity contribution < 1.29 is 23.5 Å². The highest BCUT2D eigenvalue weighted by Gasteiger charge is 2.59. The number of ketones is 1. The van der Waals surface area contributed by atoms with Gasteiger partial charge in [0.05, 0.1) is 39.9 Å². The number of rotatable bonds is 8. The van der Waals surface area contributed by atoms with Crippen LogP contribution >= 0.6 is 23.2 Å². The van der Waals surface area contributed by atoms with Gasteiger partial charge in [-0.3, -0.25) is 24.3 Å². The lowest BCUT2D eigenvalue weighted by atomic mass is 9.90. The second-order valence-corrected chi connectivity index (χ2v) is 10.6. The Labute approximate surface area is 228 Å². The Hall–Kier alpha value is -3.33. The van der Waals surface area contributed by atoms with Crippen LogP contribution in [-0.4, -0.2) is 34.1 Å². The minimum atomic E-state index is -1.82. The zero-order valence-electron chi connectivity index (χ0n) is 20.6. The molecular weight excluding hydrogens is 532 g/mol. The molecule has 1 fully saturated rings. The topological polar surface area (TPSA) is 103 Å². The van der Waals surface area contributed by atoms with Crippen molar-refractivity contribution in [3.63, 3.8) is 0 Å². The van der Waals surface area contributed by atoms with Crippen LogP contribution in [0.2, 0.25) is 10.0 Å². The summed E-state index contributed by atoms with van der Waals surface area (Å²) >= 11 is 12.2. The molecule has 1 aliphatic heterocycles. The molecule has 2 aliphatic rings. The number of hydrogen-bond acceptors (Lipinski definition) is 5. The number of aromatic nitrogens is 1. The third kappa shape index (κ3) is 4.17. The molecule has 38 heavy (non-hydrogen) atoms. The van der Waals surface area contributed by atoms with Gasteiger partial charge in [-0.25, -0.2) is 4.39 Å². The van der Waals surface area contributed by atoms with Crippen LogP contribution in [0, 0.1) is 11.2 Å². The number of carbonyl (C=O) groups is 3. The summed E-state index contributed by atoms with van der Waals surface area (Å²) in [6.07, 6.45) is 2.48. The largest absolute Gasteiger partial charge is 0.369 e. The lowest BCUT2D eigenvalue weighted by molar-refractivity contribution is -0.147. The molecule has 3 aromatic rings. The summed E-state index contributed by atoms with van der Waals surface area (Å²) in [5, 5.41) is 0.835. The van der Waals surface area contributed by atoms with Crippen molar-refractivity contribution in [2.45, 2.75) is 38.5 Å². The molecule has 0 radical (unpaired) electrons. The second-order valence-electron chi connectivity index (χ2n) is 9.77. The van der Waals surface area contributed by atoms with Crippen LogP contribution in [0.4, 0.5) is 4.39 Å². The maximum Gasteiger partial charge on any atom is 0.257 e.